The van der Waals surface area contributed by atoms with E-state index < -0.39 is 55.6 Å². The molecule has 0 aliphatic carbocycles. The number of rotatable bonds is 34. The minimum Gasteiger partial charge on any atom is -0.748 e. The molecule has 352 valence electrons. The zero-order valence-electron chi connectivity index (χ0n) is 37.7. The quantitative estimate of drug-likeness (QED) is 0.0210. The van der Waals surface area contributed by atoms with Gasteiger partial charge in [0.05, 0.1) is 68.9 Å². The fraction of sp³-hybridized carbons (Fsp3) is 0.652. The summed E-state index contributed by atoms with van der Waals surface area (Å²) < 4.78 is 84.0. The van der Waals surface area contributed by atoms with Crippen LogP contribution in [0.2, 0.25) is 0 Å². The molecule has 2 aromatic carbocycles. The molecule has 2 rings (SSSR count). The first-order valence-corrected chi connectivity index (χ1v) is 25.6. The van der Waals surface area contributed by atoms with Crippen molar-refractivity contribution in [2.45, 2.75) is 155 Å². The van der Waals surface area contributed by atoms with Crippen molar-refractivity contribution >= 4 is 81.9 Å². The van der Waals surface area contributed by atoms with Crippen LogP contribution in [0.4, 0.5) is 0 Å². The van der Waals surface area contributed by atoms with Crippen molar-refractivity contribution in [3.63, 3.8) is 0 Å². The topological polar surface area (TPSA) is 220 Å². The van der Waals surface area contributed by atoms with E-state index in [0.717, 1.165) is 38.5 Å². The zero-order chi connectivity index (χ0) is 45.9. The van der Waals surface area contributed by atoms with Gasteiger partial charge in [0.1, 0.15) is 0 Å². The van der Waals surface area contributed by atoms with E-state index in [0.29, 0.717) is 13.2 Å². The first-order valence-electron chi connectivity index (χ1n) is 22.4. The summed E-state index contributed by atoms with van der Waals surface area (Å²) in [7, 11) is -8.70. The smallest absolute Gasteiger partial charge is 0.748 e. The molecule has 0 saturated heterocycles. The maximum Gasteiger partial charge on any atom is 2.00 e. The van der Waals surface area contributed by atoms with Crippen molar-refractivity contribution in [3.05, 3.63) is 70.8 Å². The van der Waals surface area contributed by atoms with E-state index in [2.05, 4.69) is 13.8 Å². The van der Waals surface area contributed by atoms with Gasteiger partial charge in [-0.2, -0.15) is 0 Å². The van der Waals surface area contributed by atoms with Gasteiger partial charge in [-0.3, -0.25) is 0 Å². The Bertz CT molecular complexity index is 1650. The van der Waals surface area contributed by atoms with Gasteiger partial charge in [0.25, 0.3) is 0 Å². The van der Waals surface area contributed by atoms with E-state index in [1.54, 1.807) is 24.3 Å². The fourth-order valence-corrected chi connectivity index (χ4v) is 7.24. The number of benzene rings is 2. The maximum absolute atomic E-state index is 12.3. The molecular weight excluding hydrogens is 881 g/mol. The molecule has 0 aliphatic heterocycles. The van der Waals surface area contributed by atoms with Gasteiger partial charge in [-0.1, -0.05) is 154 Å². The van der Waals surface area contributed by atoms with Gasteiger partial charge in [0.15, 0.2) is 0 Å². The summed E-state index contributed by atoms with van der Waals surface area (Å²) in [6, 6.07) is 12.3. The molecule has 0 spiro atoms. The molecule has 0 heterocycles. The van der Waals surface area contributed by atoms with Crippen LogP contribution in [0.15, 0.2) is 48.5 Å². The minimum absolute atomic E-state index is 0. The van der Waals surface area contributed by atoms with Gasteiger partial charge in [0.2, 0.25) is 0 Å². The molecule has 2 aromatic rings. The van der Waals surface area contributed by atoms with Crippen molar-refractivity contribution in [1.29, 1.82) is 0 Å². The van der Waals surface area contributed by atoms with Crippen LogP contribution >= 0.6 is 0 Å². The third-order valence-corrected chi connectivity index (χ3v) is 11.3. The van der Waals surface area contributed by atoms with Gasteiger partial charge in [-0.25, -0.2) is 36.0 Å². The fourth-order valence-electron chi connectivity index (χ4n) is 6.30. The summed E-state index contributed by atoms with van der Waals surface area (Å²) >= 11 is 0. The second-order valence-corrected chi connectivity index (χ2v) is 18.3. The molecule has 17 heteroatoms. The van der Waals surface area contributed by atoms with E-state index in [1.165, 1.54) is 114 Å². The largest absolute Gasteiger partial charge is 2.00 e. The van der Waals surface area contributed by atoms with Crippen LogP contribution in [0.25, 0.3) is 0 Å². The van der Waals surface area contributed by atoms with Gasteiger partial charge < -0.3 is 28.1 Å². The molecule has 0 fully saturated rings. The van der Waals surface area contributed by atoms with Crippen molar-refractivity contribution in [1.82, 2.24) is 0 Å². The minimum atomic E-state index is -4.35. The molecule has 0 N–H and O–H groups in total. The SMILES string of the molecule is CCCCCCCCCCCCOC(=O)c1ccccc1C(=O)OCCCS(=O)(=O)[O-].CCCCCCCCCCCCOC(=O)c1ccccc1C(=O)OCCCS(=O)(=O)[O-].[Ca+2]. The Morgan fingerprint density at radius 1 is 0.381 bits per heavy atom. The van der Waals surface area contributed by atoms with E-state index in [1.807, 2.05) is 0 Å². The molecule has 0 unspecified atom stereocenters. The molecule has 0 radical (unpaired) electrons. The van der Waals surface area contributed by atoms with Crippen molar-refractivity contribution < 1.29 is 64.1 Å². The molecule has 0 bridgehead atoms. The Morgan fingerprint density at radius 2 is 0.587 bits per heavy atom. The summed E-state index contributed by atoms with van der Waals surface area (Å²) in [6.45, 7) is 4.57. The van der Waals surface area contributed by atoms with Gasteiger partial charge >= 0.3 is 61.6 Å². The standard InChI is InChI=1S/2C23H36O7S.Ca/c2*1-2-3-4-5-6-7-8-9-10-13-17-29-22(24)20-15-11-12-16-21(20)23(25)30-18-14-19-31(26,27)28;/h2*11-12,15-16H,2-10,13-14,17-19H2,1H3,(H,26,27,28);/q;;+2/p-2. The molecule has 0 amide bonds. The van der Waals surface area contributed by atoms with E-state index >= 15 is 0 Å². The van der Waals surface area contributed by atoms with Crippen molar-refractivity contribution in [2.24, 2.45) is 0 Å². The number of carbonyl (C=O) groups is 4. The van der Waals surface area contributed by atoms with Gasteiger partial charge in [-0.15, -0.1) is 0 Å². The maximum atomic E-state index is 12.3. The summed E-state index contributed by atoms with van der Waals surface area (Å²) in [5.74, 6) is -3.91. The Kier molecular flexibility index (Phi) is 36.1. The second-order valence-electron chi connectivity index (χ2n) is 15.2. The summed E-state index contributed by atoms with van der Waals surface area (Å²) in [5.41, 5.74) is 0.327. The predicted molar refractivity (Wildman–Crippen MR) is 242 cm³/mol. The van der Waals surface area contributed by atoms with Crippen molar-refractivity contribution in [3.8, 4) is 0 Å². The summed E-state index contributed by atoms with van der Waals surface area (Å²) in [4.78, 5) is 49.1. The second kappa shape index (κ2) is 37.6. The van der Waals surface area contributed by atoms with Crippen LogP contribution in [0.5, 0.6) is 0 Å². The average Bonchev–Trinajstić information content (AvgIpc) is 3.24. The van der Waals surface area contributed by atoms with Crippen LogP contribution in [-0.2, 0) is 39.2 Å². The van der Waals surface area contributed by atoms with Gasteiger partial charge in [0, 0.05) is 11.5 Å². The molecular formula is C46H70CaO14S2. The normalized spacial score (nSPS) is 11.1. The number of ether oxygens (including phenoxy) is 4. The number of hydrogen-bond acceptors (Lipinski definition) is 14. The predicted octanol–water partition coefficient (Wildman–Crippen LogP) is 9.33. The molecule has 0 atom stereocenters. The van der Waals surface area contributed by atoms with Crippen LogP contribution in [0.1, 0.15) is 197 Å². The number of hydrogen-bond donors (Lipinski definition) is 0. The third kappa shape index (κ3) is 32.7. The van der Waals surface area contributed by atoms with Crippen LogP contribution in [0, 0.1) is 0 Å². The first-order chi connectivity index (χ1) is 29.7. The molecule has 0 aromatic heterocycles. The van der Waals surface area contributed by atoms with Crippen LogP contribution in [0.3, 0.4) is 0 Å². The number of esters is 4. The van der Waals surface area contributed by atoms with E-state index in [-0.39, 0.29) is 86.0 Å². The van der Waals surface area contributed by atoms with Crippen molar-refractivity contribution in [2.75, 3.05) is 37.9 Å². The Hall–Kier alpha value is -2.60. The van der Waals surface area contributed by atoms with E-state index in [9.17, 15) is 45.1 Å². The zero-order valence-corrected chi connectivity index (χ0v) is 41.5. The van der Waals surface area contributed by atoms with Crippen LogP contribution in [-0.4, -0.2) is 125 Å². The summed E-state index contributed by atoms with van der Waals surface area (Å²) in [5, 5.41) is 0. The molecule has 63 heavy (non-hydrogen) atoms. The summed E-state index contributed by atoms with van der Waals surface area (Å²) in [6.07, 6.45) is 23.5. The average molecular weight is 951 g/mol. The number of carbonyl (C=O) groups excluding carboxylic acids is 4. The molecule has 14 nitrogen and oxygen atoms in total. The van der Waals surface area contributed by atoms with E-state index in [4.69, 9.17) is 18.9 Å². The Balaban J connectivity index is 0.00000120. The Morgan fingerprint density at radius 3 is 0.810 bits per heavy atom. The molecule has 0 saturated carbocycles. The van der Waals surface area contributed by atoms with Gasteiger partial charge in [-0.05, 0) is 49.9 Å². The first kappa shape index (κ1) is 60.4. The third-order valence-electron chi connectivity index (χ3n) is 9.74. The number of unbranched alkanes of at least 4 members (excludes halogenated alkanes) is 18. The van der Waals surface area contributed by atoms with Crippen LogP contribution < -0.4 is 0 Å². The monoisotopic (exact) mass is 950 g/mol. The molecule has 0 aliphatic rings. The Labute approximate surface area is 406 Å².